The van der Waals surface area contributed by atoms with Crippen molar-refractivity contribution >= 4 is 8.32 Å². The van der Waals surface area contributed by atoms with Crippen molar-refractivity contribution in [3.8, 4) is 0 Å². The molecule has 5 heteroatoms. The van der Waals surface area contributed by atoms with Crippen molar-refractivity contribution in [2.24, 2.45) is 5.73 Å². The van der Waals surface area contributed by atoms with Crippen molar-refractivity contribution in [2.75, 3.05) is 6.61 Å². The van der Waals surface area contributed by atoms with Crippen LogP contribution in [0.1, 0.15) is 26.5 Å². The molecule has 0 aliphatic heterocycles. The van der Waals surface area contributed by atoms with E-state index < -0.39 is 8.32 Å². The van der Waals surface area contributed by atoms with Gasteiger partial charge < -0.3 is 15.1 Å². The van der Waals surface area contributed by atoms with Crippen LogP contribution in [0.3, 0.4) is 0 Å². The van der Waals surface area contributed by atoms with Gasteiger partial charge in [-0.1, -0.05) is 20.8 Å². The molecule has 0 amide bonds. The molecule has 1 heterocycles. The quantitative estimate of drug-likeness (QED) is 0.794. The number of imidazole rings is 1. The molecule has 0 saturated carbocycles. The first kappa shape index (κ1) is 14.4. The lowest BCUT2D eigenvalue weighted by molar-refractivity contribution is 0.262. The second kappa shape index (κ2) is 5.33. The van der Waals surface area contributed by atoms with Crippen LogP contribution in [0, 0.1) is 0 Å². The Bertz CT molecular complexity index is 330. The van der Waals surface area contributed by atoms with Gasteiger partial charge in [0, 0.05) is 31.0 Å². The predicted molar refractivity (Wildman–Crippen MR) is 73.4 cm³/mol. The van der Waals surface area contributed by atoms with Crippen LogP contribution in [0.4, 0.5) is 0 Å². The summed E-state index contributed by atoms with van der Waals surface area (Å²) in [5.74, 6) is 0. The van der Waals surface area contributed by atoms with Gasteiger partial charge in [-0.05, 0) is 18.1 Å². The van der Waals surface area contributed by atoms with Crippen molar-refractivity contribution in [3.05, 3.63) is 18.2 Å². The van der Waals surface area contributed by atoms with E-state index in [-0.39, 0.29) is 11.1 Å². The minimum absolute atomic E-state index is 0.0320. The Balaban J connectivity index is 2.40. The third kappa shape index (κ3) is 4.26. The highest BCUT2D eigenvalue weighted by atomic mass is 28.4. The number of hydrogen-bond acceptors (Lipinski definition) is 3. The molecule has 4 nitrogen and oxygen atoms in total. The predicted octanol–water partition coefficient (Wildman–Crippen LogP) is 2.30. The fourth-order valence-electron chi connectivity index (χ4n) is 1.27. The summed E-state index contributed by atoms with van der Waals surface area (Å²) in [6, 6.07) is 0.0320. The maximum Gasteiger partial charge on any atom is 0.192 e. The molecule has 1 unspecified atom stereocenters. The number of nitrogens with zero attached hydrogens (tertiary/aromatic N) is 1. The summed E-state index contributed by atoms with van der Waals surface area (Å²) in [5.41, 5.74) is 7.13. The molecule has 0 radical (unpaired) electrons. The highest BCUT2D eigenvalue weighted by Crippen LogP contribution is 2.36. The standard InChI is InChI=1S/C12H25N3OSi/c1-12(2,3)17(4,5)16-8-10(13)6-11-7-14-9-15-11/h7,9-10H,6,8,13H2,1-5H3,(H,14,15). The molecular formula is C12H25N3OSi. The van der Waals surface area contributed by atoms with Crippen molar-refractivity contribution in [3.63, 3.8) is 0 Å². The SMILES string of the molecule is CC(C)(C)[Si](C)(C)OCC(N)Cc1cnc[nH]1. The van der Waals surface area contributed by atoms with E-state index in [0.29, 0.717) is 6.61 Å². The highest BCUT2D eigenvalue weighted by molar-refractivity contribution is 6.74. The third-order valence-electron chi connectivity index (χ3n) is 3.50. The number of nitrogens with two attached hydrogens (primary N) is 1. The molecule has 0 saturated heterocycles. The van der Waals surface area contributed by atoms with E-state index >= 15 is 0 Å². The van der Waals surface area contributed by atoms with E-state index in [1.165, 1.54) is 0 Å². The molecule has 0 aliphatic carbocycles. The number of hydrogen-bond donors (Lipinski definition) is 2. The molecule has 3 N–H and O–H groups in total. The first-order valence-corrected chi connectivity index (χ1v) is 9.00. The maximum atomic E-state index is 6.08. The van der Waals surface area contributed by atoms with E-state index in [9.17, 15) is 0 Å². The van der Waals surface area contributed by atoms with Crippen LogP contribution >= 0.6 is 0 Å². The second-order valence-corrected chi connectivity index (χ2v) is 10.9. The lowest BCUT2D eigenvalue weighted by Gasteiger charge is -2.36. The highest BCUT2D eigenvalue weighted by Gasteiger charge is 2.37. The van der Waals surface area contributed by atoms with Crippen LogP contribution in [0.15, 0.2) is 12.5 Å². The van der Waals surface area contributed by atoms with Gasteiger partial charge in [0.2, 0.25) is 0 Å². The van der Waals surface area contributed by atoms with Crippen molar-refractivity contribution in [1.29, 1.82) is 0 Å². The minimum atomic E-state index is -1.67. The van der Waals surface area contributed by atoms with E-state index in [1.54, 1.807) is 6.33 Å². The zero-order valence-electron chi connectivity index (χ0n) is 11.6. The molecule has 0 aromatic carbocycles. The van der Waals surface area contributed by atoms with E-state index in [2.05, 4.69) is 43.8 Å². The van der Waals surface area contributed by atoms with Crippen LogP contribution in [0.5, 0.6) is 0 Å². The first-order chi connectivity index (χ1) is 7.72. The lowest BCUT2D eigenvalue weighted by Crippen LogP contribution is -2.44. The Morgan fingerprint density at radius 1 is 1.47 bits per heavy atom. The summed E-state index contributed by atoms with van der Waals surface area (Å²) >= 11 is 0. The van der Waals surface area contributed by atoms with Crippen molar-refractivity contribution < 1.29 is 4.43 Å². The topological polar surface area (TPSA) is 63.9 Å². The Kier molecular flexibility index (Phi) is 4.52. The van der Waals surface area contributed by atoms with Crippen LogP contribution in [-0.4, -0.2) is 30.9 Å². The third-order valence-corrected chi connectivity index (χ3v) is 8.00. The fraction of sp³-hybridized carbons (Fsp3) is 0.750. The average Bonchev–Trinajstić information content (AvgIpc) is 2.66. The summed E-state index contributed by atoms with van der Waals surface area (Å²) in [4.78, 5) is 7.04. The number of aromatic amines is 1. The van der Waals surface area contributed by atoms with Crippen LogP contribution in [0.2, 0.25) is 18.1 Å². The summed E-state index contributed by atoms with van der Waals surface area (Å²) in [5, 5.41) is 0.237. The molecular weight excluding hydrogens is 230 g/mol. The van der Waals surface area contributed by atoms with Gasteiger partial charge in [0.05, 0.1) is 6.33 Å². The van der Waals surface area contributed by atoms with Gasteiger partial charge in [-0.15, -0.1) is 0 Å². The van der Waals surface area contributed by atoms with Gasteiger partial charge in [-0.2, -0.15) is 0 Å². The monoisotopic (exact) mass is 255 g/mol. The molecule has 1 aromatic rings. The molecule has 0 fully saturated rings. The summed E-state index contributed by atoms with van der Waals surface area (Å²) in [6.07, 6.45) is 4.28. The van der Waals surface area contributed by atoms with Gasteiger partial charge in [0.15, 0.2) is 8.32 Å². The molecule has 1 rings (SSSR count). The van der Waals surface area contributed by atoms with Crippen LogP contribution < -0.4 is 5.73 Å². The molecule has 0 aliphatic rings. The van der Waals surface area contributed by atoms with Crippen molar-refractivity contribution in [2.45, 2.75) is 51.4 Å². The maximum absolute atomic E-state index is 6.08. The van der Waals surface area contributed by atoms with E-state index in [4.69, 9.17) is 10.2 Å². The number of H-pyrrole nitrogens is 1. The summed E-state index contributed by atoms with van der Waals surface area (Å²) in [7, 11) is -1.67. The Labute approximate surface area is 105 Å². The van der Waals surface area contributed by atoms with Gasteiger partial charge in [-0.25, -0.2) is 4.98 Å². The number of aromatic nitrogens is 2. The minimum Gasteiger partial charge on any atom is -0.415 e. The van der Waals surface area contributed by atoms with Crippen LogP contribution in [-0.2, 0) is 10.8 Å². The normalized spacial score (nSPS) is 14.9. The zero-order chi connectivity index (χ0) is 13.1. The Morgan fingerprint density at radius 3 is 2.59 bits per heavy atom. The molecule has 1 atom stereocenters. The fourth-order valence-corrected chi connectivity index (χ4v) is 2.33. The molecule has 17 heavy (non-hydrogen) atoms. The smallest absolute Gasteiger partial charge is 0.192 e. The zero-order valence-corrected chi connectivity index (χ0v) is 12.6. The van der Waals surface area contributed by atoms with E-state index in [1.807, 2.05) is 6.20 Å². The molecule has 1 aromatic heterocycles. The van der Waals surface area contributed by atoms with E-state index in [0.717, 1.165) is 12.1 Å². The Hall–Kier alpha value is -0.653. The largest absolute Gasteiger partial charge is 0.415 e. The van der Waals surface area contributed by atoms with Gasteiger partial charge in [0.25, 0.3) is 0 Å². The Morgan fingerprint density at radius 2 is 2.12 bits per heavy atom. The number of rotatable bonds is 5. The first-order valence-electron chi connectivity index (χ1n) is 6.09. The van der Waals surface area contributed by atoms with Gasteiger partial charge in [-0.3, -0.25) is 0 Å². The van der Waals surface area contributed by atoms with Gasteiger partial charge >= 0.3 is 0 Å². The molecule has 0 spiro atoms. The average molecular weight is 255 g/mol. The number of nitrogens with one attached hydrogen (secondary N) is 1. The van der Waals surface area contributed by atoms with Gasteiger partial charge in [0.1, 0.15) is 0 Å². The molecule has 98 valence electrons. The van der Waals surface area contributed by atoms with Crippen molar-refractivity contribution in [1.82, 2.24) is 9.97 Å². The summed E-state index contributed by atoms with van der Waals surface area (Å²) < 4.78 is 6.08. The van der Waals surface area contributed by atoms with Crippen LogP contribution in [0.25, 0.3) is 0 Å². The lowest BCUT2D eigenvalue weighted by atomic mass is 10.2. The summed E-state index contributed by atoms with van der Waals surface area (Å²) in [6.45, 7) is 11.8. The molecule has 0 bridgehead atoms. The second-order valence-electron chi connectivity index (χ2n) is 6.11.